The molecule has 0 radical (unpaired) electrons. The minimum absolute atomic E-state index is 0.0776. The zero-order chi connectivity index (χ0) is 15.6. The van der Waals surface area contributed by atoms with Crippen LogP contribution in [0.5, 0.6) is 0 Å². The molecule has 5 N–H and O–H groups in total. The predicted molar refractivity (Wildman–Crippen MR) is 80.7 cm³/mol. The third kappa shape index (κ3) is 3.71. The largest absolute Gasteiger partial charge is 0.398 e. The van der Waals surface area contributed by atoms with Crippen LogP contribution in [0.2, 0.25) is 0 Å². The Hall–Kier alpha value is -2.12. The lowest BCUT2D eigenvalue weighted by atomic mass is 10.1. The third-order valence-electron chi connectivity index (χ3n) is 3.07. The van der Waals surface area contributed by atoms with E-state index in [1.54, 1.807) is 18.2 Å². The lowest BCUT2D eigenvalue weighted by Gasteiger charge is -2.16. The molecule has 0 heterocycles. The molecular formula is C14H16FN3O2S. The third-order valence-corrected chi connectivity index (χ3v) is 4.05. The van der Waals surface area contributed by atoms with Gasteiger partial charge in [-0.1, -0.05) is 12.1 Å². The summed E-state index contributed by atoms with van der Waals surface area (Å²) in [6, 6.07) is 10.5. The van der Waals surface area contributed by atoms with Crippen molar-refractivity contribution in [1.29, 1.82) is 0 Å². The SMILES string of the molecule is CC(Nc1ccc(S(N)(=O)=O)c(N)c1)c1ccc(F)cc1. The summed E-state index contributed by atoms with van der Waals surface area (Å²) < 4.78 is 35.4. The van der Waals surface area contributed by atoms with Crippen LogP contribution in [0.4, 0.5) is 15.8 Å². The van der Waals surface area contributed by atoms with Gasteiger partial charge in [-0.05, 0) is 42.8 Å². The maximum atomic E-state index is 12.9. The number of nitrogen functional groups attached to an aromatic ring is 1. The second kappa shape index (κ2) is 5.71. The van der Waals surface area contributed by atoms with Crippen LogP contribution < -0.4 is 16.2 Å². The number of nitrogens with one attached hydrogen (secondary N) is 1. The fourth-order valence-corrected chi connectivity index (χ4v) is 2.63. The molecule has 5 nitrogen and oxygen atoms in total. The fraction of sp³-hybridized carbons (Fsp3) is 0.143. The summed E-state index contributed by atoms with van der Waals surface area (Å²) in [7, 11) is -3.83. The van der Waals surface area contributed by atoms with E-state index in [1.807, 2.05) is 6.92 Å². The normalized spacial score (nSPS) is 12.9. The van der Waals surface area contributed by atoms with Gasteiger partial charge in [-0.3, -0.25) is 0 Å². The summed E-state index contributed by atoms with van der Waals surface area (Å²) in [5, 5.41) is 8.21. The standard InChI is InChI=1S/C14H16FN3O2S/c1-9(10-2-4-11(15)5-3-10)18-12-6-7-14(13(16)8-12)21(17,19)20/h2-9,18H,16H2,1H3,(H2,17,19,20). The molecule has 0 amide bonds. The fourth-order valence-electron chi connectivity index (χ4n) is 1.98. The quantitative estimate of drug-likeness (QED) is 0.754. The van der Waals surface area contributed by atoms with Crippen molar-refractivity contribution < 1.29 is 12.8 Å². The summed E-state index contributed by atoms with van der Waals surface area (Å²) in [5.74, 6) is -0.298. The minimum atomic E-state index is -3.83. The average Bonchev–Trinajstić information content (AvgIpc) is 2.37. The van der Waals surface area contributed by atoms with Crippen LogP contribution in [-0.2, 0) is 10.0 Å². The van der Waals surface area contributed by atoms with Crippen molar-refractivity contribution >= 4 is 21.4 Å². The van der Waals surface area contributed by atoms with E-state index in [9.17, 15) is 12.8 Å². The predicted octanol–water partition coefficient (Wildman–Crippen LogP) is 2.23. The molecule has 0 aliphatic carbocycles. The smallest absolute Gasteiger partial charge is 0.240 e. The average molecular weight is 309 g/mol. The van der Waals surface area contributed by atoms with Crippen LogP contribution in [0.3, 0.4) is 0 Å². The molecule has 0 aliphatic heterocycles. The van der Waals surface area contributed by atoms with Crippen LogP contribution >= 0.6 is 0 Å². The van der Waals surface area contributed by atoms with Crippen molar-refractivity contribution in [1.82, 2.24) is 0 Å². The number of nitrogens with two attached hydrogens (primary N) is 2. The van der Waals surface area contributed by atoms with E-state index in [0.29, 0.717) is 5.69 Å². The van der Waals surface area contributed by atoms with Gasteiger partial charge >= 0.3 is 0 Å². The summed E-state index contributed by atoms with van der Waals surface area (Å²) in [6.07, 6.45) is 0. The number of benzene rings is 2. The zero-order valence-corrected chi connectivity index (χ0v) is 12.2. The highest BCUT2D eigenvalue weighted by atomic mass is 32.2. The lowest BCUT2D eigenvalue weighted by molar-refractivity contribution is 0.598. The Bertz CT molecular complexity index is 745. The Morgan fingerprint density at radius 1 is 1.14 bits per heavy atom. The number of halogens is 1. The van der Waals surface area contributed by atoms with Gasteiger partial charge < -0.3 is 11.1 Å². The molecule has 0 aliphatic rings. The zero-order valence-electron chi connectivity index (χ0n) is 11.4. The van der Waals surface area contributed by atoms with E-state index in [0.717, 1.165) is 5.56 Å². The Morgan fingerprint density at radius 2 is 1.76 bits per heavy atom. The van der Waals surface area contributed by atoms with Crippen LogP contribution in [0, 0.1) is 5.82 Å². The molecule has 2 aromatic rings. The molecule has 0 saturated carbocycles. The van der Waals surface area contributed by atoms with E-state index in [4.69, 9.17) is 10.9 Å². The van der Waals surface area contributed by atoms with Gasteiger partial charge in [0.2, 0.25) is 10.0 Å². The van der Waals surface area contributed by atoms with Crippen LogP contribution in [0.1, 0.15) is 18.5 Å². The van der Waals surface area contributed by atoms with Crippen molar-refractivity contribution in [3.05, 3.63) is 53.8 Å². The summed E-state index contributed by atoms with van der Waals surface area (Å²) >= 11 is 0. The first-order valence-electron chi connectivity index (χ1n) is 6.21. The van der Waals surface area contributed by atoms with Crippen molar-refractivity contribution in [2.75, 3.05) is 11.1 Å². The topological polar surface area (TPSA) is 98.2 Å². The van der Waals surface area contributed by atoms with Crippen LogP contribution in [0.25, 0.3) is 0 Å². The number of hydrogen-bond donors (Lipinski definition) is 3. The summed E-state index contributed by atoms with van der Waals surface area (Å²) in [5.41, 5.74) is 7.31. The molecule has 112 valence electrons. The monoisotopic (exact) mass is 309 g/mol. The Labute approximate surface area is 122 Å². The summed E-state index contributed by atoms with van der Waals surface area (Å²) in [4.78, 5) is -0.109. The molecule has 0 aromatic heterocycles. The number of primary sulfonamides is 1. The van der Waals surface area contributed by atoms with Crippen molar-refractivity contribution in [3.8, 4) is 0 Å². The van der Waals surface area contributed by atoms with Crippen LogP contribution in [0.15, 0.2) is 47.4 Å². The minimum Gasteiger partial charge on any atom is -0.398 e. The molecule has 2 aromatic carbocycles. The molecule has 0 spiro atoms. The van der Waals surface area contributed by atoms with Gasteiger partial charge in [-0.25, -0.2) is 17.9 Å². The second-order valence-corrected chi connectivity index (χ2v) is 6.25. The van der Waals surface area contributed by atoms with Crippen molar-refractivity contribution in [2.24, 2.45) is 5.14 Å². The van der Waals surface area contributed by atoms with Gasteiger partial charge in [-0.2, -0.15) is 0 Å². The maximum Gasteiger partial charge on any atom is 0.240 e. The summed E-state index contributed by atoms with van der Waals surface area (Å²) in [6.45, 7) is 1.90. The Kier molecular flexibility index (Phi) is 4.15. The van der Waals surface area contributed by atoms with Gasteiger partial charge in [0, 0.05) is 11.7 Å². The lowest BCUT2D eigenvalue weighted by Crippen LogP contribution is -2.14. The molecular weight excluding hydrogens is 293 g/mol. The number of rotatable bonds is 4. The molecule has 0 saturated heterocycles. The molecule has 1 atom stereocenters. The first kappa shape index (κ1) is 15.3. The van der Waals surface area contributed by atoms with Crippen molar-refractivity contribution in [3.63, 3.8) is 0 Å². The van der Waals surface area contributed by atoms with E-state index >= 15 is 0 Å². The first-order chi connectivity index (χ1) is 9.77. The highest BCUT2D eigenvalue weighted by Crippen LogP contribution is 2.25. The van der Waals surface area contributed by atoms with Gasteiger partial charge in [-0.15, -0.1) is 0 Å². The van der Waals surface area contributed by atoms with Crippen LogP contribution in [-0.4, -0.2) is 8.42 Å². The Balaban J connectivity index is 2.20. The van der Waals surface area contributed by atoms with E-state index in [2.05, 4.69) is 5.32 Å². The molecule has 1 unspecified atom stereocenters. The number of sulfonamides is 1. The van der Waals surface area contributed by atoms with E-state index in [-0.39, 0.29) is 22.4 Å². The number of anilines is 2. The Morgan fingerprint density at radius 3 is 2.29 bits per heavy atom. The molecule has 7 heteroatoms. The molecule has 2 rings (SSSR count). The molecule has 0 fully saturated rings. The van der Waals surface area contributed by atoms with E-state index in [1.165, 1.54) is 24.3 Å². The first-order valence-corrected chi connectivity index (χ1v) is 7.76. The highest BCUT2D eigenvalue weighted by molar-refractivity contribution is 7.89. The van der Waals surface area contributed by atoms with Gasteiger partial charge in [0.15, 0.2) is 0 Å². The second-order valence-electron chi connectivity index (χ2n) is 4.72. The van der Waals surface area contributed by atoms with Gasteiger partial charge in [0.05, 0.1) is 5.69 Å². The maximum absolute atomic E-state index is 12.9. The van der Waals surface area contributed by atoms with Gasteiger partial charge in [0.25, 0.3) is 0 Å². The molecule has 0 bridgehead atoms. The van der Waals surface area contributed by atoms with E-state index < -0.39 is 10.0 Å². The molecule has 21 heavy (non-hydrogen) atoms. The van der Waals surface area contributed by atoms with Crippen molar-refractivity contribution in [2.45, 2.75) is 17.9 Å². The highest BCUT2D eigenvalue weighted by Gasteiger charge is 2.13. The number of hydrogen-bond acceptors (Lipinski definition) is 4. The van der Waals surface area contributed by atoms with Gasteiger partial charge in [0.1, 0.15) is 10.7 Å².